The maximum atomic E-state index is 12.8. The fourth-order valence-electron chi connectivity index (χ4n) is 4.41. The number of imidazole rings is 1. The fourth-order valence-corrected chi connectivity index (χ4v) is 5.87. The van der Waals surface area contributed by atoms with E-state index in [1.807, 2.05) is 42.5 Å². The highest BCUT2D eigenvalue weighted by atomic mass is 35.5. The molecule has 1 aliphatic rings. The summed E-state index contributed by atoms with van der Waals surface area (Å²) in [7, 11) is -1.69. The molecular formula is C25H30ClN5O5S. The molecule has 0 spiro atoms. The average Bonchev–Trinajstić information content (AvgIpc) is 3.24. The molecule has 10 nitrogen and oxygen atoms in total. The van der Waals surface area contributed by atoms with Crippen LogP contribution in [0.15, 0.2) is 53.3 Å². The van der Waals surface area contributed by atoms with Crippen molar-refractivity contribution in [3.05, 3.63) is 64.6 Å². The zero-order valence-electron chi connectivity index (χ0n) is 20.5. The van der Waals surface area contributed by atoms with Gasteiger partial charge in [-0.3, -0.25) is 9.88 Å². The molecule has 1 fully saturated rings. The SMILES string of the molecule is COc1ccc(CN2CCN(S(=O)(=O)CCCOc3ccc4nc5[nH]c(=O)[nH]c5cc4c3)CC2)cc1.Cl. The third kappa shape index (κ3) is 6.42. The van der Waals surface area contributed by atoms with Gasteiger partial charge in [0.1, 0.15) is 11.5 Å². The number of halogens is 1. The molecule has 2 aromatic carbocycles. The van der Waals surface area contributed by atoms with Crippen LogP contribution >= 0.6 is 12.4 Å². The number of sulfonamides is 1. The summed E-state index contributed by atoms with van der Waals surface area (Å²) in [6.45, 7) is 3.47. The molecule has 0 aliphatic carbocycles. The number of rotatable bonds is 9. The van der Waals surface area contributed by atoms with Crippen molar-refractivity contribution in [2.75, 3.05) is 45.6 Å². The minimum atomic E-state index is -3.34. The molecule has 198 valence electrons. The number of piperazine rings is 1. The number of hydrogen-bond donors (Lipinski definition) is 2. The predicted octanol–water partition coefficient (Wildman–Crippen LogP) is 2.75. The Hall–Kier alpha value is -3.12. The molecule has 37 heavy (non-hydrogen) atoms. The zero-order chi connectivity index (χ0) is 25.1. The van der Waals surface area contributed by atoms with Gasteiger partial charge >= 0.3 is 5.69 Å². The Morgan fingerprint density at radius 1 is 0.973 bits per heavy atom. The first-order chi connectivity index (χ1) is 17.4. The van der Waals surface area contributed by atoms with Gasteiger partial charge in [0, 0.05) is 38.1 Å². The lowest BCUT2D eigenvalue weighted by molar-refractivity contribution is 0.181. The highest BCUT2D eigenvalue weighted by Crippen LogP contribution is 2.22. The van der Waals surface area contributed by atoms with Gasteiger partial charge in [0.05, 0.1) is 30.5 Å². The lowest BCUT2D eigenvalue weighted by atomic mass is 10.2. The molecule has 0 radical (unpaired) electrons. The maximum Gasteiger partial charge on any atom is 0.325 e. The molecule has 4 aromatic rings. The van der Waals surface area contributed by atoms with Crippen molar-refractivity contribution in [2.45, 2.75) is 13.0 Å². The van der Waals surface area contributed by atoms with Crippen LogP contribution in [0.5, 0.6) is 11.5 Å². The molecule has 1 saturated heterocycles. The van der Waals surface area contributed by atoms with Gasteiger partial charge < -0.3 is 14.5 Å². The Morgan fingerprint density at radius 3 is 2.43 bits per heavy atom. The number of nitrogens with one attached hydrogen (secondary N) is 2. The molecule has 2 aromatic heterocycles. The molecule has 0 bridgehead atoms. The first kappa shape index (κ1) is 26.9. The molecule has 2 N–H and O–H groups in total. The first-order valence-corrected chi connectivity index (χ1v) is 13.5. The summed E-state index contributed by atoms with van der Waals surface area (Å²) in [4.78, 5) is 23.5. The number of hydrogen-bond acceptors (Lipinski definition) is 7. The van der Waals surface area contributed by atoms with Gasteiger partial charge in [0.25, 0.3) is 0 Å². The van der Waals surface area contributed by atoms with E-state index in [0.29, 0.717) is 56.1 Å². The Balaban J connectivity index is 0.00000320. The molecule has 0 saturated carbocycles. The average molecular weight is 548 g/mol. The molecule has 3 heterocycles. The highest BCUT2D eigenvalue weighted by molar-refractivity contribution is 7.89. The zero-order valence-corrected chi connectivity index (χ0v) is 22.1. The van der Waals surface area contributed by atoms with Crippen molar-refractivity contribution in [3.63, 3.8) is 0 Å². The second-order valence-corrected chi connectivity index (χ2v) is 10.9. The van der Waals surface area contributed by atoms with Crippen LogP contribution in [-0.4, -0.2) is 78.2 Å². The number of aromatic nitrogens is 3. The summed E-state index contributed by atoms with van der Waals surface area (Å²) in [5, 5.41) is 0.829. The van der Waals surface area contributed by atoms with E-state index in [0.717, 1.165) is 23.2 Å². The van der Waals surface area contributed by atoms with Gasteiger partial charge in [-0.15, -0.1) is 12.4 Å². The van der Waals surface area contributed by atoms with E-state index in [2.05, 4.69) is 19.9 Å². The van der Waals surface area contributed by atoms with E-state index in [9.17, 15) is 13.2 Å². The van der Waals surface area contributed by atoms with Crippen LogP contribution in [0.1, 0.15) is 12.0 Å². The van der Waals surface area contributed by atoms with Gasteiger partial charge in [-0.05, 0) is 48.4 Å². The number of methoxy groups -OCH3 is 1. The smallest absolute Gasteiger partial charge is 0.325 e. The van der Waals surface area contributed by atoms with E-state index < -0.39 is 10.0 Å². The minimum absolute atomic E-state index is 0. The van der Waals surface area contributed by atoms with Crippen molar-refractivity contribution < 1.29 is 17.9 Å². The van der Waals surface area contributed by atoms with Crippen LogP contribution < -0.4 is 15.2 Å². The number of fused-ring (bicyclic) bond motifs is 2. The summed E-state index contributed by atoms with van der Waals surface area (Å²) in [5.74, 6) is 1.50. The van der Waals surface area contributed by atoms with E-state index in [4.69, 9.17) is 9.47 Å². The third-order valence-electron chi connectivity index (χ3n) is 6.37. The van der Waals surface area contributed by atoms with Crippen LogP contribution in [0.3, 0.4) is 0 Å². The summed E-state index contributed by atoms with van der Waals surface area (Å²) in [5.41, 5.74) is 2.75. The highest BCUT2D eigenvalue weighted by Gasteiger charge is 2.26. The number of nitrogens with zero attached hydrogens (tertiary/aromatic N) is 3. The second-order valence-electron chi connectivity index (χ2n) is 8.86. The van der Waals surface area contributed by atoms with Gasteiger partial charge in [0.2, 0.25) is 10.0 Å². The van der Waals surface area contributed by atoms with Gasteiger partial charge in [-0.25, -0.2) is 18.2 Å². The van der Waals surface area contributed by atoms with E-state index in [1.165, 1.54) is 5.56 Å². The third-order valence-corrected chi connectivity index (χ3v) is 8.33. The Kier molecular flexibility index (Phi) is 8.38. The van der Waals surface area contributed by atoms with Crippen LogP contribution in [0.4, 0.5) is 0 Å². The molecule has 0 unspecified atom stereocenters. The maximum absolute atomic E-state index is 12.8. The Morgan fingerprint density at radius 2 is 1.70 bits per heavy atom. The minimum Gasteiger partial charge on any atom is -0.497 e. The Bertz CT molecular complexity index is 1510. The van der Waals surface area contributed by atoms with Gasteiger partial charge in [0.15, 0.2) is 5.65 Å². The first-order valence-electron chi connectivity index (χ1n) is 11.9. The molecule has 1 aliphatic heterocycles. The van der Waals surface area contributed by atoms with Crippen LogP contribution in [0, 0.1) is 0 Å². The monoisotopic (exact) mass is 547 g/mol. The van der Waals surface area contributed by atoms with Gasteiger partial charge in [-0.1, -0.05) is 12.1 Å². The number of benzene rings is 2. The molecule has 0 amide bonds. The standard InChI is InChI=1S/C25H29N5O5S.ClH/c1-34-20-5-3-18(4-6-20)17-29-9-11-30(12-10-29)36(32,33)14-2-13-35-21-7-8-22-19(15-21)16-23-24(26-22)28-25(31)27-23;/h3-8,15-16H,2,9-14,17H2,1H3,(H2,26,27,28,31);1H. The van der Waals surface area contributed by atoms with Crippen LogP contribution in [-0.2, 0) is 16.6 Å². The van der Waals surface area contributed by atoms with Crippen molar-refractivity contribution in [3.8, 4) is 11.5 Å². The largest absolute Gasteiger partial charge is 0.497 e. The topological polar surface area (TPSA) is 121 Å². The van der Waals surface area contributed by atoms with E-state index >= 15 is 0 Å². The lowest BCUT2D eigenvalue weighted by Crippen LogP contribution is -2.48. The number of H-pyrrole nitrogens is 2. The second kappa shape index (κ2) is 11.5. The van der Waals surface area contributed by atoms with Gasteiger partial charge in [-0.2, -0.15) is 4.31 Å². The molecular weight excluding hydrogens is 518 g/mol. The summed E-state index contributed by atoms with van der Waals surface area (Å²) in [6, 6.07) is 15.2. The quantitative estimate of drug-likeness (QED) is 0.309. The number of ether oxygens (including phenoxy) is 2. The summed E-state index contributed by atoms with van der Waals surface area (Å²) >= 11 is 0. The van der Waals surface area contributed by atoms with E-state index in [-0.39, 0.29) is 23.8 Å². The van der Waals surface area contributed by atoms with E-state index in [1.54, 1.807) is 17.5 Å². The number of pyridine rings is 1. The number of aromatic amines is 2. The van der Waals surface area contributed by atoms with Crippen LogP contribution in [0.2, 0.25) is 0 Å². The van der Waals surface area contributed by atoms with Crippen molar-refractivity contribution >= 4 is 44.5 Å². The lowest BCUT2D eigenvalue weighted by Gasteiger charge is -2.34. The predicted molar refractivity (Wildman–Crippen MR) is 145 cm³/mol. The fraction of sp³-hybridized carbons (Fsp3) is 0.360. The van der Waals surface area contributed by atoms with Crippen molar-refractivity contribution in [1.29, 1.82) is 0 Å². The Labute approximate surface area is 221 Å². The molecule has 12 heteroatoms. The molecule has 5 rings (SSSR count). The summed E-state index contributed by atoms with van der Waals surface area (Å²) < 4.78 is 38.3. The van der Waals surface area contributed by atoms with Crippen LogP contribution in [0.25, 0.3) is 22.1 Å². The van der Waals surface area contributed by atoms with Crippen molar-refractivity contribution in [1.82, 2.24) is 24.2 Å². The molecule has 0 atom stereocenters. The normalized spacial score (nSPS) is 15.1. The summed E-state index contributed by atoms with van der Waals surface area (Å²) in [6.07, 6.45) is 0.398. The van der Waals surface area contributed by atoms with Crippen molar-refractivity contribution in [2.24, 2.45) is 0 Å².